The zero-order valence-electron chi connectivity index (χ0n) is 10.2. The third-order valence-corrected chi connectivity index (χ3v) is 4.57. The monoisotopic (exact) mass is 274 g/mol. The zero-order chi connectivity index (χ0) is 13.9. The van der Waals surface area contributed by atoms with Gasteiger partial charge in [-0.3, -0.25) is 4.79 Å². The first-order valence-electron chi connectivity index (χ1n) is 5.03. The smallest absolute Gasteiger partial charge is 0.321 e. The number of carboxylic acid groups (broad SMARTS) is 1. The van der Waals surface area contributed by atoms with Gasteiger partial charge in [0.2, 0.25) is 0 Å². The first kappa shape index (κ1) is 14.3. The molecule has 1 rings (SSSR count). The largest absolute Gasteiger partial charge is 0.497 e. The molecule has 0 aliphatic rings. The molecule has 0 fully saturated rings. The maximum absolute atomic E-state index is 12.1. The number of sulfone groups is 1. The van der Waals surface area contributed by atoms with Crippen molar-refractivity contribution in [2.75, 3.05) is 14.2 Å². The third kappa shape index (κ3) is 2.56. The highest BCUT2D eigenvalue weighted by Crippen LogP contribution is 2.30. The molecule has 0 saturated carbocycles. The molecule has 1 N–H and O–H groups in total. The summed E-state index contributed by atoms with van der Waals surface area (Å²) < 4.78 is 34.0. The van der Waals surface area contributed by atoms with E-state index in [0.717, 1.165) is 6.92 Å². The Labute approximate surface area is 105 Å². The SMILES string of the molecule is COc1ccc(S(=O)(=O)C(C)C(=O)O)c(OC)c1. The normalized spacial score (nSPS) is 12.8. The van der Waals surface area contributed by atoms with Gasteiger partial charge in [-0.25, -0.2) is 8.42 Å². The Morgan fingerprint density at radius 1 is 1.28 bits per heavy atom. The molecule has 1 aromatic carbocycles. The van der Waals surface area contributed by atoms with E-state index >= 15 is 0 Å². The molecule has 0 aromatic heterocycles. The summed E-state index contributed by atoms with van der Waals surface area (Å²) in [6.45, 7) is 1.11. The highest BCUT2D eigenvalue weighted by Gasteiger charge is 2.32. The van der Waals surface area contributed by atoms with Crippen LogP contribution in [-0.2, 0) is 14.6 Å². The second kappa shape index (κ2) is 5.26. The third-order valence-electron chi connectivity index (χ3n) is 2.49. The van der Waals surface area contributed by atoms with Gasteiger partial charge in [0.25, 0.3) is 0 Å². The lowest BCUT2D eigenvalue weighted by molar-refractivity contribution is -0.136. The van der Waals surface area contributed by atoms with E-state index in [-0.39, 0.29) is 10.6 Å². The summed E-state index contributed by atoms with van der Waals surface area (Å²) in [4.78, 5) is 10.6. The van der Waals surface area contributed by atoms with Crippen LogP contribution in [0.1, 0.15) is 6.92 Å². The van der Waals surface area contributed by atoms with Gasteiger partial charge in [0.15, 0.2) is 15.1 Å². The van der Waals surface area contributed by atoms with Crippen molar-refractivity contribution in [3.8, 4) is 11.5 Å². The molecule has 0 spiro atoms. The summed E-state index contributed by atoms with van der Waals surface area (Å²) in [6.07, 6.45) is 0. The molecule has 0 amide bonds. The molecular weight excluding hydrogens is 260 g/mol. The van der Waals surface area contributed by atoms with Gasteiger partial charge in [0.1, 0.15) is 16.4 Å². The highest BCUT2D eigenvalue weighted by atomic mass is 32.2. The molecule has 100 valence electrons. The van der Waals surface area contributed by atoms with Crippen LogP contribution in [0, 0.1) is 0 Å². The lowest BCUT2D eigenvalue weighted by Crippen LogP contribution is -2.27. The van der Waals surface area contributed by atoms with Gasteiger partial charge in [-0.1, -0.05) is 0 Å². The molecular formula is C11H14O6S. The van der Waals surface area contributed by atoms with Gasteiger partial charge in [-0.05, 0) is 19.1 Å². The highest BCUT2D eigenvalue weighted by molar-refractivity contribution is 7.92. The van der Waals surface area contributed by atoms with E-state index in [4.69, 9.17) is 14.6 Å². The van der Waals surface area contributed by atoms with Crippen molar-refractivity contribution in [3.05, 3.63) is 18.2 Å². The minimum Gasteiger partial charge on any atom is -0.497 e. The van der Waals surface area contributed by atoms with Crippen LogP contribution < -0.4 is 9.47 Å². The van der Waals surface area contributed by atoms with E-state index in [1.807, 2.05) is 0 Å². The number of hydrogen-bond acceptors (Lipinski definition) is 5. The van der Waals surface area contributed by atoms with Crippen LogP contribution in [0.3, 0.4) is 0 Å². The van der Waals surface area contributed by atoms with Crippen molar-refractivity contribution in [1.29, 1.82) is 0 Å². The van der Waals surface area contributed by atoms with Crippen LogP contribution in [0.15, 0.2) is 23.1 Å². The second-order valence-corrected chi connectivity index (χ2v) is 5.78. The minimum absolute atomic E-state index is 0.0578. The molecule has 7 heteroatoms. The van der Waals surface area contributed by atoms with Crippen LogP contribution in [0.4, 0.5) is 0 Å². The molecule has 0 heterocycles. The Kier molecular flexibility index (Phi) is 4.18. The number of benzene rings is 1. The van der Waals surface area contributed by atoms with E-state index in [9.17, 15) is 13.2 Å². The van der Waals surface area contributed by atoms with Crippen LogP contribution in [0.25, 0.3) is 0 Å². The molecule has 0 radical (unpaired) electrons. The van der Waals surface area contributed by atoms with Crippen LogP contribution in [0.2, 0.25) is 0 Å². The number of carboxylic acids is 1. The van der Waals surface area contributed by atoms with E-state index in [2.05, 4.69) is 0 Å². The number of rotatable bonds is 5. The van der Waals surface area contributed by atoms with Gasteiger partial charge >= 0.3 is 5.97 Å². The Morgan fingerprint density at radius 2 is 1.89 bits per heavy atom. The predicted octanol–water partition coefficient (Wildman–Crippen LogP) is 0.951. The van der Waals surface area contributed by atoms with E-state index in [1.165, 1.54) is 32.4 Å². The van der Waals surface area contributed by atoms with E-state index < -0.39 is 21.1 Å². The fourth-order valence-electron chi connectivity index (χ4n) is 1.33. The Hall–Kier alpha value is -1.76. The Bertz CT molecular complexity index is 549. The summed E-state index contributed by atoms with van der Waals surface area (Å²) >= 11 is 0. The number of methoxy groups -OCH3 is 2. The first-order chi connectivity index (χ1) is 8.34. The van der Waals surface area contributed by atoms with Crippen molar-refractivity contribution in [3.63, 3.8) is 0 Å². The standard InChI is InChI=1S/C11H14O6S/c1-7(11(12)13)18(14,15)10-5-4-8(16-2)6-9(10)17-3/h4-7H,1-3H3,(H,12,13). The van der Waals surface area contributed by atoms with Crippen molar-refractivity contribution in [2.24, 2.45) is 0 Å². The molecule has 18 heavy (non-hydrogen) atoms. The van der Waals surface area contributed by atoms with Crippen LogP contribution >= 0.6 is 0 Å². The number of carbonyl (C=O) groups is 1. The summed E-state index contributed by atoms with van der Waals surface area (Å²) in [5.41, 5.74) is 0. The van der Waals surface area contributed by atoms with Gasteiger partial charge in [-0.15, -0.1) is 0 Å². The Morgan fingerprint density at radius 3 is 2.33 bits per heavy atom. The van der Waals surface area contributed by atoms with E-state index in [0.29, 0.717) is 5.75 Å². The fraction of sp³-hybridized carbons (Fsp3) is 0.364. The van der Waals surface area contributed by atoms with Crippen LogP contribution in [0.5, 0.6) is 11.5 Å². The average molecular weight is 274 g/mol. The predicted molar refractivity (Wildman–Crippen MR) is 63.8 cm³/mol. The first-order valence-corrected chi connectivity index (χ1v) is 6.58. The molecule has 1 aromatic rings. The molecule has 0 aliphatic heterocycles. The fourth-order valence-corrected chi connectivity index (χ4v) is 2.66. The van der Waals surface area contributed by atoms with Crippen molar-refractivity contribution in [1.82, 2.24) is 0 Å². The lowest BCUT2D eigenvalue weighted by Gasteiger charge is -2.13. The van der Waals surface area contributed by atoms with Crippen molar-refractivity contribution in [2.45, 2.75) is 17.1 Å². The van der Waals surface area contributed by atoms with Gasteiger partial charge in [-0.2, -0.15) is 0 Å². The van der Waals surface area contributed by atoms with Crippen molar-refractivity contribution >= 4 is 15.8 Å². The summed E-state index contributed by atoms with van der Waals surface area (Å²) in [5, 5.41) is 7.26. The maximum atomic E-state index is 12.1. The summed E-state index contributed by atoms with van der Waals surface area (Å²) in [5.74, 6) is -0.927. The number of ether oxygens (including phenoxy) is 2. The lowest BCUT2D eigenvalue weighted by atomic mass is 10.3. The topological polar surface area (TPSA) is 89.9 Å². The molecule has 0 bridgehead atoms. The molecule has 1 atom stereocenters. The molecule has 0 saturated heterocycles. The second-order valence-electron chi connectivity index (χ2n) is 3.54. The summed E-state index contributed by atoms with van der Waals surface area (Å²) in [6, 6.07) is 4.10. The van der Waals surface area contributed by atoms with Gasteiger partial charge in [0.05, 0.1) is 14.2 Å². The zero-order valence-corrected chi connectivity index (χ0v) is 11.0. The van der Waals surface area contributed by atoms with Crippen LogP contribution in [-0.4, -0.2) is 39.0 Å². The Balaban J connectivity index is 3.37. The maximum Gasteiger partial charge on any atom is 0.321 e. The van der Waals surface area contributed by atoms with Gasteiger partial charge < -0.3 is 14.6 Å². The molecule has 0 aliphatic carbocycles. The number of aliphatic carboxylic acids is 1. The summed E-state index contributed by atoms with van der Waals surface area (Å²) in [7, 11) is -1.25. The number of hydrogen-bond donors (Lipinski definition) is 1. The molecule has 6 nitrogen and oxygen atoms in total. The minimum atomic E-state index is -3.99. The quantitative estimate of drug-likeness (QED) is 0.859. The van der Waals surface area contributed by atoms with Gasteiger partial charge in [0, 0.05) is 6.07 Å². The van der Waals surface area contributed by atoms with E-state index in [1.54, 1.807) is 0 Å². The van der Waals surface area contributed by atoms with Crippen molar-refractivity contribution < 1.29 is 27.8 Å². The molecule has 1 unspecified atom stereocenters. The average Bonchev–Trinajstić information content (AvgIpc) is 2.36.